The molecule has 0 bridgehead atoms. The fourth-order valence-corrected chi connectivity index (χ4v) is 5.38. The summed E-state index contributed by atoms with van der Waals surface area (Å²) in [6, 6.07) is 7.84. The molecule has 0 aliphatic carbocycles. The predicted octanol–water partition coefficient (Wildman–Crippen LogP) is 8.67. The van der Waals surface area contributed by atoms with Crippen molar-refractivity contribution in [3.05, 3.63) is 73.8 Å². The van der Waals surface area contributed by atoms with Crippen molar-refractivity contribution >= 4 is 57.6 Å². The Hall–Kier alpha value is -2.82. The van der Waals surface area contributed by atoms with Crippen LogP contribution < -0.4 is 5.32 Å². The maximum absolute atomic E-state index is 15.6. The number of aliphatic carboxylic acids is 1. The molecule has 1 unspecified atom stereocenters. The van der Waals surface area contributed by atoms with E-state index in [0.29, 0.717) is 36.5 Å². The summed E-state index contributed by atoms with van der Waals surface area (Å²) in [5.74, 6) is -2.08. The number of rotatable bonds is 15. The minimum atomic E-state index is -1.11. The standard InChI is InChI=1S/C30H33Cl2FN2O5S/c1-4-5-6-7-12-40-13-11-26(39-3)21-10-8-9-20(27(21)33)25-17-41-30(34-25)35-28(36)19-15-23(31)22(24(32)16-19)14-18(2)29(37)38/h8-10,14-17,26H,4-7,11-13H2,1-3H3,(H,37,38)(H,34,35,36)/b18-14+. The first-order chi connectivity index (χ1) is 19.7. The minimum absolute atomic E-state index is 0.0422. The topological polar surface area (TPSA) is 97.8 Å². The van der Waals surface area contributed by atoms with Crippen LogP contribution in [-0.2, 0) is 14.3 Å². The Labute approximate surface area is 253 Å². The monoisotopic (exact) mass is 622 g/mol. The zero-order chi connectivity index (χ0) is 29.9. The van der Waals surface area contributed by atoms with Gasteiger partial charge in [-0.1, -0.05) is 61.5 Å². The Morgan fingerprint density at radius 1 is 1.17 bits per heavy atom. The summed E-state index contributed by atoms with van der Waals surface area (Å²) < 4.78 is 26.9. The maximum atomic E-state index is 15.6. The second-order valence-electron chi connectivity index (χ2n) is 9.37. The average Bonchev–Trinajstić information content (AvgIpc) is 3.40. The second-order valence-corrected chi connectivity index (χ2v) is 11.0. The molecule has 1 amide bonds. The number of nitrogens with zero attached hydrogens (tertiary/aromatic N) is 1. The number of benzene rings is 2. The molecule has 220 valence electrons. The van der Waals surface area contributed by atoms with Gasteiger partial charge in [-0.3, -0.25) is 10.1 Å². The predicted molar refractivity (Wildman–Crippen MR) is 163 cm³/mol. The Morgan fingerprint density at radius 2 is 1.90 bits per heavy atom. The molecule has 0 radical (unpaired) electrons. The number of carboxylic acid groups (broad SMARTS) is 1. The summed E-state index contributed by atoms with van der Waals surface area (Å²) in [5.41, 5.74) is 1.57. The molecule has 11 heteroatoms. The zero-order valence-electron chi connectivity index (χ0n) is 23.1. The van der Waals surface area contributed by atoms with Gasteiger partial charge in [0, 0.05) is 60.0 Å². The molecule has 0 aliphatic rings. The van der Waals surface area contributed by atoms with Gasteiger partial charge in [0.1, 0.15) is 5.82 Å². The van der Waals surface area contributed by atoms with Gasteiger partial charge in [0.15, 0.2) is 5.13 Å². The summed E-state index contributed by atoms with van der Waals surface area (Å²) in [4.78, 5) is 28.4. The van der Waals surface area contributed by atoms with Gasteiger partial charge >= 0.3 is 5.97 Å². The average molecular weight is 624 g/mol. The number of ether oxygens (including phenoxy) is 2. The van der Waals surface area contributed by atoms with Crippen molar-refractivity contribution < 1.29 is 28.6 Å². The molecule has 1 aromatic heterocycles. The van der Waals surface area contributed by atoms with Gasteiger partial charge in [-0.05, 0) is 37.6 Å². The number of carbonyl (C=O) groups excluding carboxylic acids is 1. The normalized spacial score (nSPS) is 12.4. The van der Waals surface area contributed by atoms with E-state index in [4.69, 9.17) is 37.8 Å². The van der Waals surface area contributed by atoms with Gasteiger partial charge in [-0.2, -0.15) is 0 Å². The van der Waals surface area contributed by atoms with E-state index in [2.05, 4.69) is 17.2 Å². The van der Waals surface area contributed by atoms with Crippen molar-refractivity contribution in [1.29, 1.82) is 0 Å². The lowest BCUT2D eigenvalue weighted by molar-refractivity contribution is -0.132. The number of carboxylic acids is 1. The Bertz CT molecular complexity index is 1370. The summed E-state index contributed by atoms with van der Waals surface area (Å²) in [6.45, 7) is 4.71. The first kappa shape index (κ1) is 32.7. The van der Waals surface area contributed by atoms with Crippen molar-refractivity contribution in [2.75, 3.05) is 25.6 Å². The number of thiazole rings is 1. The number of carbonyl (C=O) groups is 2. The van der Waals surface area contributed by atoms with Crippen LogP contribution in [0.25, 0.3) is 17.3 Å². The number of amides is 1. The molecule has 0 spiro atoms. The van der Waals surface area contributed by atoms with Crippen LogP contribution in [0.15, 0.2) is 41.3 Å². The molecule has 1 heterocycles. The number of aromatic nitrogens is 1. The molecule has 3 rings (SSSR count). The van der Waals surface area contributed by atoms with Crippen LogP contribution in [0.5, 0.6) is 0 Å². The van der Waals surface area contributed by atoms with Crippen LogP contribution in [-0.4, -0.2) is 42.3 Å². The van der Waals surface area contributed by atoms with Gasteiger partial charge in [0.2, 0.25) is 0 Å². The van der Waals surface area contributed by atoms with Crippen molar-refractivity contribution in [2.24, 2.45) is 0 Å². The number of methoxy groups -OCH3 is 1. The fourth-order valence-electron chi connectivity index (χ4n) is 4.08. The SMILES string of the molecule is CCCCCCOCCC(OC)c1cccc(-c2csc(NC(=O)c3cc(Cl)c(/C=C(\C)C(=O)O)c(Cl)c3)n2)c1F. The maximum Gasteiger partial charge on any atom is 0.331 e. The Kier molecular flexibility index (Phi) is 12.7. The molecule has 0 fully saturated rings. The zero-order valence-corrected chi connectivity index (χ0v) is 25.5. The van der Waals surface area contributed by atoms with Gasteiger partial charge in [-0.15, -0.1) is 11.3 Å². The molecule has 0 aliphatic heterocycles. The third-order valence-corrected chi connectivity index (χ3v) is 7.75. The largest absolute Gasteiger partial charge is 0.478 e. The molecule has 1 atom stereocenters. The lowest BCUT2D eigenvalue weighted by Gasteiger charge is -2.18. The third kappa shape index (κ3) is 9.08. The van der Waals surface area contributed by atoms with Crippen LogP contribution in [0.1, 0.15) is 73.5 Å². The van der Waals surface area contributed by atoms with Crippen molar-refractivity contribution in [1.82, 2.24) is 4.98 Å². The number of hydrogen-bond acceptors (Lipinski definition) is 6. The summed E-state index contributed by atoms with van der Waals surface area (Å²) in [7, 11) is 1.54. The highest BCUT2D eigenvalue weighted by molar-refractivity contribution is 7.14. The molecule has 2 N–H and O–H groups in total. The van der Waals surface area contributed by atoms with E-state index in [0.717, 1.165) is 24.2 Å². The van der Waals surface area contributed by atoms with Gasteiger partial charge in [-0.25, -0.2) is 14.2 Å². The highest BCUT2D eigenvalue weighted by Crippen LogP contribution is 2.33. The van der Waals surface area contributed by atoms with Gasteiger partial charge in [0.25, 0.3) is 5.91 Å². The lowest BCUT2D eigenvalue weighted by Crippen LogP contribution is -2.12. The van der Waals surface area contributed by atoms with E-state index in [1.165, 1.54) is 38.0 Å². The highest BCUT2D eigenvalue weighted by Gasteiger charge is 2.21. The van der Waals surface area contributed by atoms with Crippen LogP contribution >= 0.6 is 34.5 Å². The molecule has 0 saturated carbocycles. The first-order valence-corrected chi connectivity index (χ1v) is 14.9. The summed E-state index contributed by atoms with van der Waals surface area (Å²) >= 11 is 13.7. The van der Waals surface area contributed by atoms with Crippen LogP contribution in [0.4, 0.5) is 9.52 Å². The smallest absolute Gasteiger partial charge is 0.331 e. The fraction of sp³-hybridized carbons (Fsp3) is 0.367. The summed E-state index contributed by atoms with van der Waals surface area (Å²) in [5, 5.41) is 13.9. The first-order valence-electron chi connectivity index (χ1n) is 13.2. The molecule has 41 heavy (non-hydrogen) atoms. The van der Waals surface area contributed by atoms with E-state index < -0.39 is 23.8 Å². The van der Waals surface area contributed by atoms with E-state index in [1.807, 2.05) is 0 Å². The molecule has 3 aromatic rings. The molecule has 2 aromatic carbocycles. The Morgan fingerprint density at radius 3 is 2.56 bits per heavy atom. The molecular formula is C30H33Cl2FN2O5S. The molecule has 0 saturated heterocycles. The lowest BCUT2D eigenvalue weighted by atomic mass is 10.0. The molecule has 7 nitrogen and oxygen atoms in total. The van der Waals surface area contributed by atoms with E-state index in [9.17, 15) is 9.59 Å². The molecular weight excluding hydrogens is 590 g/mol. The summed E-state index contributed by atoms with van der Waals surface area (Å²) in [6.07, 6.45) is 5.87. The number of hydrogen-bond donors (Lipinski definition) is 2. The van der Waals surface area contributed by atoms with Crippen molar-refractivity contribution in [3.8, 4) is 11.3 Å². The van der Waals surface area contributed by atoms with E-state index in [-0.39, 0.29) is 31.9 Å². The third-order valence-electron chi connectivity index (χ3n) is 6.37. The van der Waals surface area contributed by atoms with Crippen molar-refractivity contribution in [3.63, 3.8) is 0 Å². The number of unbranched alkanes of at least 4 members (excludes halogenated alkanes) is 3. The Balaban J connectivity index is 1.70. The number of halogens is 3. The van der Waals surface area contributed by atoms with Crippen LogP contribution in [0.2, 0.25) is 10.0 Å². The number of anilines is 1. The van der Waals surface area contributed by atoms with Crippen molar-refractivity contribution in [2.45, 2.75) is 52.1 Å². The quantitative estimate of drug-likeness (QED) is 0.130. The van der Waals surface area contributed by atoms with E-state index >= 15 is 4.39 Å². The number of nitrogens with one attached hydrogen (secondary N) is 1. The van der Waals surface area contributed by atoms with Crippen LogP contribution in [0.3, 0.4) is 0 Å². The van der Waals surface area contributed by atoms with Crippen LogP contribution in [0, 0.1) is 5.82 Å². The van der Waals surface area contributed by atoms with Gasteiger partial charge in [0.05, 0.1) is 21.8 Å². The highest BCUT2D eigenvalue weighted by atomic mass is 35.5. The van der Waals surface area contributed by atoms with E-state index in [1.54, 1.807) is 30.7 Å². The minimum Gasteiger partial charge on any atom is -0.478 e. The second kappa shape index (κ2) is 16.0. The van der Waals surface area contributed by atoms with Gasteiger partial charge < -0.3 is 14.6 Å².